The predicted molar refractivity (Wildman–Crippen MR) is 112 cm³/mol. The van der Waals surface area contributed by atoms with E-state index < -0.39 is 16.7 Å². The van der Waals surface area contributed by atoms with Crippen molar-refractivity contribution >= 4 is 40.5 Å². The molecule has 0 unspecified atom stereocenters. The van der Waals surface area contributed by atoms with Crippen LogP contribution in [0.4, 0.5) is 17.1 Å². The van der Waals surface area contributed by atoms with Crippen LogP contribution in [0.2, 0.25) is 5.02 Å². The highest BCUT2D eigenvalue weighted by atomic mass is 35.5. The monoisotopic (exact) mass is 423 g/mol. The van der Waals surface area contributed by atoms with Crippen molar-refractivity contribution in [1.29, 1.82) is 0 Å². The molecule has 2 amide bonds. The zero-order valence-electron chi connectivity index (χ0n) is 15.6. The van der Waals surface area contributed by atoms with Gasteiger partial charge in [0.15, 0.2) is 5.75 Å². The minimum absolute atomic E-state index is 0.188. The Morgan fingerprint density at radius 2 is 1.87 bits per heavy atom. The van der Waals surface area contributed by atoms with E-state index in [1.54, 1.807) is 24.3 Å². The number of rotatable bonds is 3. The molecule has 1 aliphatic rings. The maximum atomic E-state index is 12.7. The Morgan fingerprint density at radius 1 is 1.10 bits per heavy atom. The number of nitro benzene ring substituents is 1. The number of benzene rings is 3. The second-order valence-electron chi connectivity index (χ2n) is 6.64. The number of carbonyl (C=O) groups is 2. The Bertz CT molecular complexity index is 1230. The molecule has 0 saturated heterocycles. The van der Waals surface area contributed by atoms with Gasteiger partial charge in [-0.3, -0.25) is 19.7 Å². The molecule has 150 valence electrons. The van der Waals surface area contributed by atoms with E-state index in [1.165, 1.54) is 18.2 Å². The lowest BCUT2D eigenvalue weighted by atomic mass is 10.1. The van der Waals surface area contributed by atoms with Crippen molar-refractivity contribution in [2.75, 3.05) is 10.6 Å². The van der Waals surface area contributed by atoms with Crippen LogP contribution in [0.15, 0.2) is 54.6 Å². The summed E-state index contributed by atoms with van der Waals surface area (Å²) < 4.78 is 5.84. The van der Waals surface area contributed by atoms with E-state index in [0.29, 0.717) is 17.2 Å². The van der Waals surface area contributed by atoms with Gasteiger partial charge in [-0.25, -0.2) is 0 Å². The zero-order chi connectivity index (χ0) is 21.4. The molecule has 0 spiro atoms. The van der Waals surface area contributed by atoms with Crippen molar-refractivity contribution in [2.45, 2.75) is 6.92 Å². The number of anilines is 2. The SMILES string of the molecule is Cc1ccc2c(c1)NC(=O)c1cc(NC(=O)c3cc(Cl)ccc3[N+](=O)[O-])ccc1O2. The fraction of sp³-hybridized carbons (Fsp3) is 0.0476. The molecule has 0 aromatic heterocycles. The van der Waals surface area contributed by atoms with Crippen molar-refractivity contribution in [3.8, 4) is 11.5 Å². The predicted octanol–water partition coefficient (Wildman–Crippen LogP) is 5.17. The number of hydrogen-bond donors (Lipinski definition) is 2. The highest BCUT2D eigenvalue weighted by Crippen LogP contribution is 2.37. The third-order valence-corrected chi connectivity index (χ3v) is 4.72. The molecule has 0 fully saturated rings. The highest BCUT2D eigenvalue weighted by molar-refractivity contribution is 6.31. The molecule has 0 saturated carbocycles. The summed E-state index contributed by atoms with van der Waals surface area (Å²) in [6.07, 6.45) is 0. The fourth-order valence-electron chi connectivity index (χ4n) is 3.06. The number of nitrogens with one attached hydrogen (secondary N) is 2. The van der Waals surface area contributed by atoms with Gasteiger partial charge in [-0.05, 0) is 55.0 Å². The molecular weight excluding hydrogens is 410 g/mol. The minimum atomic E-state index is -0.724. The summed E-state index contributed by atoms with van der Waals surface area (Å²) >= 11 is 5.88. The smallest absolute Gasteiger partial charge is 0.282 e. The summed E-state index contributed by atoms with van der Waals surface area (Å²) in [6, 6.07) is 13.7. The molecule has 3 aromatic carbocycles. The van der Waals surface area contributed by atoms with Crippen molar-refractivity contribution in [3.05, 3.63) is 86.4 Å². The van der Waals surface area contributed by atoms with Gasteiger partial charge in [0.1, 0.15) is 11.3 Å². The van der Waals surface area contributed by atoms with Crippen molar-refractivity contribution in [2.24, 2.45) is 0 Å². The Labute approximate surface area is 175 Å². The third-order valence-electron chi connectivity index (χ3n) is 4.49. The molecule has 1 heterocycles. The summed E-state index contributed by atoms with van der Waals surface area (Å²) in [5.41, 5.74) is 1.41. The van der Waals surface area contributed by atoms with E-state index >= 15 is 0 Å². The largest absolute Gasteiger partial charge is 0.454 e. The quantitative estimate of drug-likeness (QED) is 0.446. The standard InChI is InChI=1S/C21H14ClN3O5/c1-11-2-6-19-16(8-11)24-21(27)15-10-13(4-7-18(15)30-19)23-20(26)14-9-12(22)3-5-17(14)25(28)29/h2-10H,1H3,(H,23,26)(H,24,27). The van der Waals surface area contributed by atoms with Crippen LogP contribution < -0.4 is 15.4 Å². The molecule has 8 nitrogen and oxygen atoms in total. The molecular formula is C21H14ClN3O5. The molecule has 1 aliphatic heterocycles. The van der Waals surface area contributed by atoms with Gasteiger partial charge in [0.2, 0.25) is 0 Å². The van der Waals surface area contributed by atoms with Crippen LogP contribution in [0.1, 0.15) is 26.3 Å². The third kappa shape index (κ3) is 3.68. The first-order valence-electron chi connectivity index (χ1n) is 8.81. The number of fused-ring (bicyclic) bond motifs is 2. The fourth-order valence-corrected chi connectivity index (χ4v) is 3.23. The van der Waals surface area contributed by atoms with Gasteiger partial charge >= 0.3 is 0 Å². The first kappa shape index (κ1) is 19.4. The second kappa shape index (κ2) is 7.49. The van der Waals surface area contributed by atoms with Crippen LogP contribution in [-0.4, -0.2) is 16.7 Å². The van der Waals surface area contributed by atoms with Crippen LogP contribution in [0.25, 0.3) is 0 Å². The van der Waals surface area contributed by atoms with Crippen molar-refractivity contribution in [1.82, 2.24) is 0 Å². The topological polar surface area (TPSA) is 111 Å². The lowest BCUT2D eigenvalue weighted by molar-refractivity contribution is -0.385. The van der Waals surface area contributed by atoms with Gasteiger partial charge in [-0.1, -0.05) is 17.7 Å². The lowest BCUT2D eigenvalue weighted by Crippen LogP contribution is -2.15. The molecule has 2 N–H and O–H groups in total. The minimum Gasteiger partial charge on any atom is -0.454 e. The Kier molecular flexibility index (Phi) is 4.85. The molecule has 0 atom stereocenters. The Hall–Kier alpha value is -3.91. The maximum absolute atomic E-state index is 12.7. The number of aryl methyl sites for hydroxylation is 1. The lowest BCUT2D eigenvalue weighted by Gasteiger charge is -2.10. The van der Waals surface area contributed by atoms with E-state index in [4.69, 9.17) is 16.3 Å². The number of ether oxygens (including phenoxy) is 1. The molecule has 3 aromatic rings. The summed E-state index contributed by atoms with van der Waals surface area (Å²) in [5, 5.41) is 16.7. The van der Waals surface area contributed by atoms with E-state index in [1.807, 2.05) is 13.0 Å². The highest BCUT2D eigenvalue weighted by Gasteiger charge is 2.24. The van der Waals surface area contributed by atoms with Gasteiger partial charge in [0.25, 0.3) is 17.5 Å². The molecule has 0 bridgehead atoms. The van der Waals surface area contributed by atoms with E-state index in [2.05, 4.69) is 10.6 Å². The van der Waals surface area contributed by atoms with Gasteiger partial charge in [-0.2, -0.15) is 0 Å². The first-order valence-corrected chi connectivity index (χ1v) is 9.19. The average Bonchev–Trinajstić information content (AvgIpc) is 2.83. The first-order chi connectivity index (χ1) is 14.3. The van der Waals surface area contributed by atoms with Crippen LogP contribution in [0.3, 0.4) is 0 Å². The van der Waals surface area contributed by atoms with Gasteiger partial charge in [0.05, 0.1) is 16.2 Å². The number of nitrogens with zero attached hydrogens (tertiary/aromatic N) is 1. The summed E-state index contributed by atoms with van der Waals surface area (Å²) in [5.74, 6) is -0.307. The number of nitro groups is 1. The van der Waals surface area contributed by atoms with Crippen LogP contribution in [0.5, 0.6) is 11.5 Å². The average molecular weight is 424 g/mol. The summed E-state index contributed by atoms with van der Waals surface area (Å²) in [7, 11) is 0. The van der Waals surface area contributed by atoms with Gasteiger partial charge in [0, 0.05) is 16.8 Å². The number of halogens is 1. The normalized spacial score (nSPS) is 12.0. The molecule has 4 rings (SSSR count). The maximum Gasteiger partial charge on any atom is 0.282 e. The Balaban J connectivity index is 1.65. The van der Waals surface area contributed by atoms with Crippen LogP contribution in [-0.2, 0) is 0 Å². The van der Waals surface area contributed by atoms with Gasteiger partial charge in [-0.15, -0.1) is 0 Å². The second-order valence-corrected chi connectivity index (χ2v) is 7.08. The number of amides is 2. The van der Waals surface area contributed by atoms with Gasteiger partial charge < -0.3 is 15.4 Å². The van der Waals surface area contributed by atoms with Crippen molar-refractivity contribution < 1.29 is 19.2 Å². The zero-order valence-corrected chi connectivity index (χ0v) is 16.3. The summed E-state index contributed by atoms with van der Waals surface area (Å²) in [4.78, 5) is 35.8. The van der Waals surface area contributed by atoms with Crippen molar-refractivity contribution in [3.63, 3.8) is 0 Å². The Morgan fingerprint density at radius 3 is 2.63 bits per heavy atom. The number of hydrogen-bond acceptors (Lipinski definition) is 5. The van der Waals surface area contributed by atoms with Crippen LogP contribution >= 0.6 is 11.6 Å². The van der Waals surface area contributed by atoms with Crippen LogP contribution in [0, 0.1) is 17.0 Å². The van der Waals surface area contributed by atoms with E-state index in [0.717, 1.165) is 11.6 Å². The van der Waals surface area contributed by atoms with E-state index in [-0.39, 0.29) is 27.5 Å². The van der Waals surface area contributed by atoms with E-state index in [9.17, 15) is 19.7 Å². The molecule has 0 aliphatic carbocycles. The summed E-state index contributed by atoms with van der Waals surface area (Å²) in [6.45, 7) is 1.90. The molecule has 0 radical (unpaired) electrons. The molecule has 9 heteroatoms. The molecule has 30 heavy (non-hydrogen) atoms. The number of carbonyl (C=O) groups excluding carboxylic acids is 2.